The number of pyridine rings is 1. The molecule has 6 heteroatoms. The summed E-state index contributed by atoms with van der Waals surface area (Å²) in [5, 5.41) is 0. The number of rotatable bonds is 2. The summed E-state index contributed by atoms with van der Waals surface area (Å²) in [6, 6.07) is 2.32. The van der Waals surface area contributed by atoms with Crippen LogP contribution in [0.4, 0.5) is 8.28 Å². The first-order valence-corrected chi connectivity index (χ1v) is 4.56. The Morgan fingerprint density at radius 2 is 2.17 bits per heavy atom. The molecule has 0 aromatic carbocycles. The lowest BCUT2D eigenvalue weighted by molar-refractivity contribution is 0.544. The highest BCUT2D eigenvalue weighted by Gasteiger charge is 2.13. The van der Waals surface area contributed by atoms with Crippen LogP contribution in [0.1, 0.15) is 5.69 Å². The molecule has 0 N–H and O–H groups in total. The number of aromatic nitrogens is 1. The molecule has 0 saturated carbocycles. The van der Waals surface area contributed by atoms with Crippen LogP contribution < -0.4 is 0 Å². The molecule has 0 radical (unpaired) electrons. The van der Waals surface area contributed by atoms with Gasteiger partial charge in [0.1, 0.15) is 11.6 Å². The average Bonchev–Trinajstić information content (AvgIpc) is 1.91. The number of hydrogen-bond acceptors (Lipinski definition) is 3. The lowest BCUT2D eigenvalue weighted by Crippen LogP contribution is -2.01. The molecule has 66 valence electrons. The molecule has 0 unspecified atom stereocenters. The van der Waals surface area contributed by atoms with Gasteiger partial charge in [0.25, 0.3) is 0 Å². The van der Waals surface area contributed by atoms with Crippen molar-refractivity contribution in [2.45, 2.75) is 5.75 Å². The molecule has 3 nitrogen and oxygen atoms in total. The fourth-order valence-corrected chi connectivity index (χ4v) is 1.23. The van der Waals surface area contributed by atoms with E-state index in [0.717, 1.165) is 6.07 Å². The molecule has 0 spiro atoms. The second kappa shape index (κ2) is 3.14. The van der Waals surface area contributed by atoms with E-state index in [0.29, 0.717) is 0 Å². The molecule has 0 aliphatic rings. The van der Waals surface area contributed by atoms with Crippen LogP contribution >= 0.6 is 0 Å². The Bertz CT molecular complexity index is 377. The van der Waals surface area contributed by atoms with Crippen molar-refractivity contribution in [3.05, 3.63) is 29.8 Å². The van der Waals surface area contributed by atoms with Crippen molar-refractivity contribution < 1.29 is 16.7 Å². The summed E-state index contributed by atoms with van der Waals surface area (Å²) in [5.41, 5.74) is -0.403. The second-order valence-corrected chi connectivity index (χ2v) is 3.48. The van der Waals surface area contributed by atoms with Gasteiger partial charge in [-0.3, -0.25) is 4.98 Å². The third kappa shape index (κ3) is 2.54. The molecule has 1 aromatic rings. The minimum absolute atomic E-state index is 0.403. The first-order valence-electron chi connectivity index (χ1n) is 3.01. The van der Waals surface area contributed by atoms with E-state index in [1.807, 2.05) is 0 Å². The standard InChI is InChI=1S/C6H5F2NO2S/c7-5-2-1-3-9-6(5)4-12(8,10)11/h1-3H,4H2. The van der Waals surface area contributed by atoms with Gasteiger partial charge in [-0.15, -0.1) is 3.89 Å². The Hall–Kier alpha value is -1.04. The maximum absolute atomic E-state index is 12.6. The van der Waals surface area contributed by atoms with Crippen molar-refractivity contribution in [1.29, 1.82) is 0 Å². The average molecular weight is 193 g/mol. The van der Waals surface area contributed by atoms with Gasteiger partial charge in [-0.05, 0) is 12.1 Å². The summed E-state index contributed by atoms with van der Waals surface area (Å²) < 4.78 is 44.8. The Balaban J connectivity index is 2.98. The van der Waals surface area contributed by atoms with E-state index in [9.17, 15) is 16.7 Å². The van der Waals surface area contributed by atoms with Gasteiger partial charge in [-0.25, -0.2) is 4.39 Å². The third-order valence-corrected chi connectivity index (χ3v) is 1.76. The van der Waals surface area contributed by atoms with E-state index in [1.54, 1.807) is 0 Å². The molecule has 0 amide bonds. The topological polar surface area (TPSA) is 47.0 Å². The molecule has 0 fully saturated rings. The third-order valence-electron chi connectivity index (χ3n) is 1.14. The lowest BCUT2D eigenvalue weighted by atomic mass is 10.4. The maximum Gasteiger partial charge on any atom is 0.308 e. The zero-order valence-electron chi connectivity index (χ0n) is 5.87. The molecule has 0 aliphatic heterocycles. The zero-order valence-corrected chi connectivity index (χ0v) is 6.68. The SMILES string of the molecule is O=S(=O)(F)Cc1ncccc1F. The normalized spacial score (nSPS) is 11.5. The largest absolute Gasteiger partial charge is 0.308 e. The molecule has 1 rings (SSSR count). The van der Waals surface area contributed by atoms with Gasteiger partial charge in [0.05, 0.1) is 5.69 Å². The van der Waals surface area contributed by atoms with E-state index in [-0.39, 0.29) is 0 Å². The van der Waals surface area contributed by atoms with Crippen LogP contribution in [0.2, 0.25) is 0 Å². The summed E-state index contributed by atoms with van der Waals surface area (Å²) in [7, 11) is -4.70. The first kappa shape index (κ1) is 9.05. The first-order chi connectivity index (χ1) is 5.49. The van der Waals surface area contributed by atoms with Crippen molar-refractivity contribution in [2.24, 2.45) is 0 Å². The van der Waals surface area contributed by atoms with E-state index in [4.69, 9.17) is 0 Å². The van der Waals surface area contributed by atoms with E-state index >= 15 is 0 Å². The molecule has 0 saturated heterocycles. The fourth-order valence-electron chi connectivity index (χ4n) is 0.688. The Labute approximate surface area is 68.3 Å². The van der Waals surface area contributed by atoms with Crippen LogP contribution in [0.25, 0.3) is 0 Å². The highest BCUT2D eigenvalue weighted by molar-refractivity contribution is 7.85. The summed E-state index contributed by atoms with van der Waals surface area (Å²) in [5.74, 6) is -1.83. The van der Waals surface area contributed by atoms with Gasteiger partial charge in [0.2, 0.25) is 0 Å². The predicted octanol–water partition coefficient (Wildman–Crippen LogP) is 1.02. The number of halogens is 2. The number of hydrogen-bond donors (Lipinski definition) is 0. The molecule has 0 aliphatic carbocycles. The molecule has 12 heavy (non-hydrogen) atoms. The maximum atomic E-state index is 12.6. The monoisotopic (exact) mass is 193 g/mol. The summed E-state index contributed by atoms with van der Waals surface area (Å²) in [6.07, 6.45) is 1.20. The second-order valence-electron chi connectivity index (χ2n) is 2.12. The highest BCUT2D eigenvalue weighted by Crippen LogP contribution is 2.08. The van der Waals surface area contributed by atoms with Crippen molar-refractivity contribution in [3.8, 4) is 0 Å². The van der Waals surface area contributed by atoms with Crippen molar-refractivity contribution in [1.82, 2.24) is 4.98 Å². The van der Waals surface area contributed by atoms with Crippen LogP contribution in [0.3, 0.4) is 0 Å². The molecule has 0 bridgehead atoms. The van der Waals surface area contributed by atoms with Crippen LogP contribution in [-0.4, -0.2) is 13.4 Å². The van der Waals surface area contributed by atoms with Crippen molar-refractivity contribution in [3.63, 3.8) is 0 Å². The minimum atomic E-state index is -4.70. The van der Waals surface area contributed by atoms with Gasteiger partial charge in [-0.1, -0.05) is 0 Å². The quantitative estimate of drug-likeness (QED) is 0.659. The van der Waals surface area contributed by atoms with Crippen LogP contribution in [0.5, 0.6) is 0 Å². The van der Waals surface area contributed by atoms with Gasteiger partial charge in [0.15, 0.2) is 0 Å². The van der Waals surface area contributed by atoms with Crippen molar-refractivity contribution >= 4 is 10.2 Å². The Morgan fingerprint density at radius 3 is 2.67 bits per heavy atom. The molecule has 1 heterocycles. The molecular weight excluding hydrogens is 188 g/mol. The van der Waals surface area contributed by atoms with Gasteiger partial charge in [-0.2, -0.15) is 8.42 Å². The van der Waals surface area contributed by atoms with E-state index < -0.39 is 27.5 Å². The van der Waals surface area contributed by atoms with Crippen LogP contribution in [0, 0.1) is 5.82 Å². The summed E-state index contributed by atoms with van der Waals surface area (Å²) in [4.78, 5) is 3.37. The smallest absolute Gasteiger partial charge is 0.257 e. The fraction of sp³-hybridized carbons (Fsp3) is 0.167. The van der Waals surface area contributed by atoms with E-state index in [1.165, 1.54) is 12.3 Å². The van der Waals surface area contributed by atoms with Crippen molar-refractivity contribution in [2.75, 3.05) is 0 Å². The van der Waals surface area contributed by atoms with Crippen LogP contribution in [-0.2, 0) is 16.0 Å². The Kier molecular flexibility index (Phi) is 2.37. The van der Waals surface area contributed by atoms with Crippen LogP contribution in [0.15, 0.2) is 18.3 Å². The molecule has 1 aromatic heterocycles. The Morgan fingerprint density at radius 1 is 1.50 bits per heavy atom. The minimum Gasteiger partial charge on any atom is -0.257 e. The lowest BCUT2D eigenvalue weighted by Gasteiger charge is -1.96. The summed E-state index contributed by atoms with van der Waals surface area (Å²) >= 11 is 0. The zero-order chi connectivity index (χ0) is 9.19. The van der Waals surface area contributed by atoms with Gasteiger partial charge in [0, 0.05) is 6.20 Å². The molecule has 0 atom stereocenters. The van der Waals surface area contributed by atoms with Gasteiger partial charge < -0.3 is 0 Å². The van der Waals surface area contributed by atoms with E-state index in [2.05, 4.69) is 4.98 Å². The molecular formula is C6H5F2NO2S. The van der Waals surface area contributed by atoms with Gasteiger partial charge >= 0.3 is 10.2 Å². The number of nitrogens with zero attached hydrogens (tertiary/aromatic N) is 1. The highest BCUT2D eigenvalue weighted by atomic mass is 32.3. The predicted molar refractivity (Wildman–Crippen MR) is 37.9 cm³/mol. The summed E-state index contributed by atoms with van der Waals surface area (Å²) in [6.45, 7) is 0.